The standard InChI is InChI=1S/C16H21N3O2/c1-4-11-19-15(9-10-17-19)16(20)18-12(2)13-5-7-14(21-3)8-6-13/h5-10,12H,4,11H2,1-3H3,(H,18,20)/t12-/m0/s1. The van der Waals surface area contributed by atoms with Crippen LogP contribution in [-0.2, 0) is 6.54 Å². The molecule has 1 N–H and O–H groups in total. The van der Waals surface area contributed by atoms with Crippen LogP contribution in [0.15, 0.2) is 36.5 Å². The first kappa shape index (κ1) is 15.1. The number of carbonyl (C=O) groups excluding carboxylic acids is 1. The van der Waals surface area contributed by atoms with Crippen LogP contribution in [0, 0.1) is 0 Å². The van der Waals surface area contributed by atoms with Gasteiger partial charge in [0.2, 0.25) is 0 Å². The number of benzene rings is 1. The average Bonchev–Trinajstić information content (AvgIpc) is 2.96. The van der Waals surface area contributed by atoms with Crippen molar-refractivity contribution in [2.75, 3.05) is 7.11 Å². The maximum Gasteiger partial charge on any atom is 0.270 e. The Hall–Kier alpha value is -2.30. The molecule has 0 saturated heterocycles. The molecule has 1 heterocycles. The molecule has 1 atom stereocenters. The second-order valence-corrected chi connectivity index (χ2v) is 4.91. The predicted octanol–water partition coefficient (Wildman–Crippen LogP) is 2.79. The Morgan fingerprint density at radius 2 is 2.05 bits per heavy atom. The van der Waals surface area contributed by atoms with Crippen LogP contribution in [-0.4, -0.2) is 22.8 Å². The number of hydrogen-bond acceptors (Lipinski definition) is 3. The second-order valence-electron chi connectivity index (χ2n) is 4.91. The number of aromatic nitrogens is 2. The summed E-state index contributed by atoms with van der Waals surface area (Å²) in [6.07, 6.45) is 2.60. The molecule has 21 heavy (non-hydrogen) atoms. The van der Waals surface area contributed by atoms with Gasteiger partial charge < -0.3 is 10.1 Å². The van der Waals surface area contributed by atoms with E-state index in [2.05, 4.69) is 17.3 Å². The average molecular weight is 287 g/mol. The van der Waals surface area contributed by atoms with Crippen molar-refractivity contribution in [2.24, 2.45) is 0 Å². The number of nitrogens with zero attached hydrogens (tertiary/aromatic N) is 2. The largest absolute Gasteiger partial charge is 0.497 e. The van der Waals surface area contributed by atoms with E-state index in [1.165, 1.54) is 0 Å². The van der Waals surface area contributed by atoms with Crippen molar-refractivity contribution >= 4 is 5.91 Å². The summed E-state index contributed by atoms with van der Waals surface area (Å²) in [4.78, 5) is 12.3. The Kier molecular flexibility index (Phi) is 4.98. The van der Waals surface area contributed by atoms with Crippen LogP contribution >= 0.6 is 0 Å². The van der Waals surface area contributed by atoms with E-state index in [9.17, 15) is 4.79 Å². The van der Waals surface area contributed by atoms with Crippen molar-refractivity contribution in [3.05, 3.63) is 47.8 Å². The molecule has 0 bridgehead atoms. The fraction of sp³-hybridized carbons (Fsp3) is 0.375. The minimum Gasteiger partial charge on any atom is -0.497 e. The van der Waals surface area contributed by atoms with Gasteiger partial charge in [0, 0.05) is 12.7 Å². The summed E-state index contributed by atoms with van der Waals surface area (Å²) >= 11 is 0. The molecule has 2 rings (SSSR count). The first-order valence-electron chi connectivity index (χ1n) is 7.12. The van der Waals surface area contributed by atoms with E-state index in [-0.39, 0.29) is 11.9 Å². The fourth-order valence-electron chi connectivity index (χ4n) is 2.16. The van der Waals surface area contributed by atoms with Gasteiger partial charge in [0.15, 0.2) is 0 Å². The molecule has 0 spiro atoms. The third-order valence-corrected chi connectivity index (χ3v) is 3.35. The molecular weight excluding hydrogens is 266 g/mol. The maximum atomic E-state index is 12.3. The minimum absolute atomic E-state index is 0.0756. The summed E-state index contributed by atoms with van der Waals surface area (Å²) in [7, 11) is 1.63. The Labute approximate surface area is 124 Å². The molecule has 5 heteroatoms. The van der Waals surface area contributed by atoms with E-state index in [0.717, 1.165) is 24.3 Å². The number of amides is 1. The topological polar surface area (TPSA) is 56.2 Å². The molecule has 112 valence electrons. The van der Waals surface area contributed by atoms with E-state index in [0.29, 0.717) is 5.69 Å². The molecule has 0 aliphatic carbocycles. The summed E-state index contributed by atoms with van der Waals surface area (Å²) in [5.41, 5.74) is 1.63. The molecule has 0 unspecified atom stereocenters. The lowest BCUT2D eigenvalue weighted by molar-refractivity contribution is 0.0928. The van der Waals surface area contributed by atoms with Crippen LogP contribution in [0.5, 0.6) is 5.75 Å². The highest BCUT2D eigenvalue weighted by molar-refractivity contribution is 5.92. The second kappa shape index (κ2) is 6.92. The zero-order valence-corrected chi connectivity index (χ0v) is 12.7. The van der Waals surface area contributed by atoms with E-state index in [1.54, 1.807) is 24.1 Å². The van der Waals surface area contributed by atoms with Crippen molar-refractivity contribution in [1.29, 1.82) is 0 Å². The van der Waals surface area contributed by atoms with Gasteiger partial charge in [0.1, 0.15) is 11.4 Å². The van der Waals surface area contributed by atoms with Gasteiger partial charge in [-0.3, -0.25) is 9.48 Å². The van der Waals surface area contributed by atoms with Crippen molar-refractivity contribution in [1.82, 2.24) is 15.1 Å². The number of rotatable bonds is 6. The molecule has 1 amide bonds. The van der Waals surface area contributed by atoms with Gasteiger partial charge in [-0.15, -0.1) is 0 Å². The van der Waals surface area contributed by atoms with Gasteiger partial charge in [-0.1, -0.05) is 19.1 Å². The molecule has 0 saturated carbocycles. The molecule has 0 radical (unpaired) electrons. The monoisotopic (exact) mass is 287 g/mol. The quantitative estimate of drug-likeness (QED) is 0.889. The Morgan fingerprint density at radius 1 is 1.33 bits per heavy atom. The number of nitrogens with one attached hydrogen (secondary N) is 1. The van der Waals surface area contributed by atoms with Gasteiger partial charge >= 0.3 is 0 Å². The first-order chi connectivity index (χ1) is 10.2. The molecule has 5 nitrogen and oxygen atoms in total. The van der Waals surface area contributed by atoms with Crippen molar-refractivity contribution < 1.29 is 9.53 Å². The summed E-state index contributed by atoms with van der Waals surface area (Å²) < 4.78 is 6.86. The Bertz CT molecular complexity index is 590. The smallest absolute Gasteiger partial charge is 0.270 e. The third-order valence-electron chi connectivity index (χ3n) is 3.35. The lowest BCUT2D eigenvalue weighted by Gasteiger charge is -2.15. The highest BCUT2D eigenvalue weighted by atomic mass is 16.5. The normalized spacial score (nSPS) is 12.0. The van der Waals surface area contributed by atoms with E-state index in [4.69, 9.17) is 4.74 Å². The molecule has 1 aromatic carbocycles. The first-order valence-corrected chi connectivity index (χ1v) is 7.12. The number of aryl methyl sites for hydroxylation is 1. The maximum absolute atomic E-state index is 12.3. The summed E-state index contributed by atoms with van der Waals surface area (Å²) in [6, 6.07) is 9.35. The van der Waals surface area contributed by atoms with E-state index >= 15 is 0 Å². The highest BCUT2D eigenvalue weighted by Gasteiger charge is 2.15. The van der Waals surface area contributed by atoms with Gasteiger partial charge in [0.25, 0.3) is 5.91 Å². The predicted molar refractivity (Wildman–Crippen MR) is 81.4 cm³/mol. The van der Waals surface area contributed by atoms with Crippen molar-refractivity contribution in [3.8, 4) is 5.75 Å². The zero-order valence-electron chi connectivity index (χ0n) is 12.7. The van der Waals surface area contributed by atoms with Gasteiger partial charge in [-0.2, -0.15) is 5.10 Å². The SMILES string of the molecule is CCCn1nccc1C(=O)N[C@@H](C)c1ccc(OC)cc1. The van der Waals surface area contributed by atoms with Crippen LogP contribution in [0.2, 0.25) is 0 Å². The zero-order chi connectivity index (χ0) is 15.2. The Morgan fingerprint density at radius 3 is 2.67 bits per heavy atom. The summed E-state index contributed by atoms with van der Waals surface area (Å²) in [5.74, 6) is 0.697. The van der Waals surface area contributed by atoms with E-state index in [1.807, 2.05) is 31.2 Å². The highest BCUT2D eigenvalue weighted by Crippen LogP contribution is 2.17. The lowest BCUT2D eigenvalue weighted by Crippen LogP contribution is -2.28. The summed E-state index contributed by atoms with van der Waals surface area (Å²) in [6.45, 7) is 4.76. The number of carbonyl (C=O) groups is 1. The van der Waals surface area contributed by atoms with Crippen molar-refractivity contribution in [3.63, 3.8) is 0 Å². The van der Waals surface area contributed by atoms with Gasteiger partial charge in [-0.25, -0.2) is 0 Å². The molecule has 2 aromatic rings. The van der Waals surface area contributed by atoms with Crippen molar-refractivity contribution in [2.45, 2.75) is 32.9 Å². The van der Waals surface area contributed by atoms with Crippen LogP contribution in [0.3, 0.4) is 0 Å². The fourth-order valence-corrected chi connectivity index (χ4v) is 2.16. The Balaban J connectivity index is 2.05. The van der Waals surface area contributed by atoms with Crippen LogP contribution in [0.4, 0.5) is 0 Å². The lowest BCUT2D eigenvalue weighted by atomic mass is 10.1. The molecule has 0 fully saturated rings. The molecule has 0 aliphatic rings. The number of ether oxygens (including phenoxy) is 1. The van der Waals surface area contributed by atoms with Crippen LogP contribution < -0.4 is 10.1 Å². The van der Waals surface area contributed by atoms with Gasteiger partial charge in [-0.05, 0) is 37.1 Å². The third kappa shape index (κ3) is 3.62. The number of methoxy groups -OCH3 is 1. The summed E-state index contributed by atoms with van der Waals surface area (Å²) in [5, 5.41) is 7.16. The molecule has 1 aromatic heterocycles. The molecular formula is C16H21N3O2. The number of hydrogen-bond donors (Lipinski definition) is 1. The van der Waals surface area contributed by atoms with Gasteiger partial charge in [0.05, 0.1) is 13.2 Å². The molecule has 0 aliphatic heterocycles. The minimum atomic E-state index is -0.107. The van der Waals surface area contributed by atoms with Crippen LogP contribution in [0.25, 0.3) is 0 Å². The van der Waals surface area contributed by atoms with Crippen LogP contribution in [0.1, 0.15) is 42.4 Å². The van der Waals surface area contributed by atoms with E-state index < -0.39 is 0 Å².